The van der Waals surface area contributed by atoms with Crippen LogP contribution in [0.2, 0.25) is 0 Å². The number of hydrogen-bond donors (Lipinski definition) is 10. The van der Waals surface area contributed by atoms with Crippen molar-refractivity contribution in [2.45, 2.75) is 69.5 Å². The van der Waals surface area contributed by atoms with Crippen molar-refractivity contribution in [1.82, 2.24) is 5.32 Å². The van der Waals surface area contributed by atoms with Crippen LogP contribution in [0.5, 0.6) is 0 Å². The lowest BCUT2D eigenvalue weighted by Crippen LogP contribution is -2.29. The lowest BCUT2D eigenvalue weighted by Gasteiger charge is -2.03. The quantitative estimate of drug-likeness (QED) is 0.133. The highest BCUT2D eigenvalue weighted by Gasteiger charge is 2.20. The summed E-state index contributed by atoms with van der Waals surface area (Å²) in [5.74, 6) is -3.55. The molecule has 15 N–H and O–H groups in total. The molecule has 196 valence electrons. The maximum Gasteiger partial charge on any atom is 0.320 e. The molecule has 0 aromatic carbocycles. The van der Waals surface area contributed by atoms with Crippen molar-refractivity contribution in [2.75, 3.05) is 26.2 Å². The SMILES string of the molecule is NCC(=O)O.NCCCC[C@H](N)C(=O)O.NCCCC[C@H](N)C(=O)O.O=C(O)[C@@H]1CCCN1. The molecule has 14 nitrogen and oxygen atoms in total. The summed E-state index contributed by atoms with van der Waals surface area (Å²) >= 11 is 0. The molecule has 0 unspecified atom stereocenters. The lowest BCUT2D eigenvalue weighted by molar-refractivity contribution is -0.139. The van der Waals surface area contributed by atoms with E-state index in [1.54, 1.807) is 0 Å². The summed E-state index contributed by atoms with van der Waals surface area (Å²) in [5, 5.41) is 35.5. The second-order valence-corrected chi connectivity index (χ2v) is 7.04. The first kappa shape index (κ1) is 35.2. The molecule has 0 radical (unpaired) electrons. The van der Waals surface area contributed by atoms with Crippen molar-refractivity contribution >= 4 is 23.9 Å². The van der Waals surface area contributed by atoms with Gasteiger partial charge in [0.2, 0.25) is 0 Å². The first-order chi connectivity index (χ1) is 15.4. The third-order valence-corrected chi connectivity index (χ3v) is 4.11. The Morgan fingerprint density at radius 2 is 1.18 bits per heavy atom. The van der Waals surface area contributed by atoms with E-state index in [1.807, 2.05) is 0 Å². The van der Waals surface area contributed by atoms with Gasteiger partial charge in [-0.3, -0.25) is 19.2 Å². The zero-order valence-electron chi connectivity index (χ0n) is 19.0. The molecule has 0 amide bonds. The van der Waals surface area contributed by atoms with Crippen LogP contribution in [-0.4, -0.2) is 88.6 Å². The lowest BCUT2D eigenvalue weighted by atomic mass is 10.1. The van der Waals surface area contributed by atoms with E-state index in [9.17, 15) is 19.2 Å². The van der Waals surface area contributed by atoms with E-state index in [0.29, 0.717) is 25.9 Å². The van der Waals surface area contributed by atoms with Crippen molar-refractivity contribution < 1.29 is 39.6 Å². The third-order valence-electron chi connectivity index (χ3n) is 4.11. The van der Waals surface area contributed by atoms with Gasteiger partial charge in [0.05, 0.1) is 6.54 Å². The molecule has 0 saturated carbocycles. The standard InChI is InChI=1S/2C6H14N2O2.C5H9NO2.C2H5NO2/c2*7-4-2-1-3-5(8)6(9)10;7-5(8)4-2-1-3-6-4;3-1-2(4)5/h2*5H,1-4,7-8H2,(H,9,10);4,6H,1-3H2,(H,7,8);1,3H2,(H,4,5)/t2*5-;4-;/m000./s1. The molecule has 3 atom stereocenters. The molecular weight excluding hydrogens is 440 g/mol. The number of aliphatic carboxylic acids is 4. The second-order valence-electron chi connectivity index (χ2n) is 7.04. The van der Waals surface area contributed by atoms with E-state index in [1.165, 1.54) is 0 Å². The highest BCUT2D eigenvalue weighted by molar-refractivity contribution is 5.74. The molecule has 1 aliphatic rings. The fraction of sp³-hybridized carbons (Fsp3) is 0.789. The molecule has 0 aliphatic carbocycles. The maximum atomic E-state index is 10.1. The molecule has 0 aromatic rings. The van der Waals surface area contributed by atoms with Gasteiger partial charge in [0.15, 0.2) is 0 Å². The predicted octanol–water partition coefficient (Wildman–Crippen LogP) is -2.09. The number of hydrogen-bond acceptors (Lipinski definition) is 10. The van der Waals surface area contributed by atoms with E-state index < -0.39 is 36.0 Å². The summed E-state index contributed by atoms with van der Waals surface area (Å²) in [6.45, 7) is 1.79. The van der Waals surface area contributed by atoms with Gasteiger partial charge in [-0.1, -0.05) is 12.8 Å². The van der Waals surface area contributed by atoms with Gasteiger partial charge in [-0.05, 0) is 58.2 Å². The Balaban J connectivity index is -0.000000374. The van der Waals surface area contributed by atoms with Gasteiger partial charge < -0.3 is 54.4 Å². The highest BCUT2D eigenvalue weighted by atomic mass is 16.4. The summed E-state index contributed by atoms with van der Waals surface area (Å²) in [5.41, 5.74) is 25.4. The van der Waals surface area contributed by atoms with Crippen molar-refractivity contribution in [1.29, 1.82) is 0 Å². The Hall–Kier alpha value is -2.36. The molecule has 14 heteroatoms. The number of nitrogens with two attached hydrogens (primary N) is 5. The van der Waals surface area contributed by atoms with Gasteiger partial charge in [0.25, 0.3) is 0 Å². The number of unbranched alkanes of at least 4 members (excludes halogenated alkanes) is 2. The van der Waals surface area contributed by atoms with Crippen LogP contribution < -0.4 is 34.0 Å². The Morgan fingerprint density at radius 3 is 1.36 bits per heavy atom. The Bertz CT molecular complexity index is 506. The van der Waals surface area contributed by atoms with Gasteiger partial charge in [0.1, 0.15) is 18.1 Å². The minimum Gasteiger partial charge on any atom is -0.480 e. The van der Waals surface area contributed by atoms with Gasteiger partial charge >= 0.3 is 23.9 Å². The largest absolute Gasteiger partial charge is 0.480 e. The molecule has 33 heavy (non-hydrogen) atoms. The monoisotopic (exact) mass is 482 g/mol. The van der Waals surface area contributed by atoms with Gasteiger partial charge in [-0.2, -0.15) is 0 Å². The van der Waals surface area contributed by atoms with E-state index >= 15 is 0 Å². The first-order valence-corrected chi connectivity index (χ1v) is 10.7. The Morgan fingerprint density at radius 1 is 0.788 bits per heavy atom. The molecule has 1 fully saturated rings. The first-order valence-electron chi connectivity index (χ1n) is 10.7. The minimum absolute atomic E-state index is 0.269. The van der Waals surface area contributed by atoms with Crippen molar-refractivity contribution in [3.05, 3.63) is 0 Å². The fourth-order valence-corrected chi connectivity index (χ4v) is 2.16. The minimum atomic E-state index is -0.968. The van der Waals surface area contributed by atoms with Crippen molar-refractivity contribution in [3.63, 3.8) is 0 Å². The average molecular weight is 483 g/mol. The van der Waals surface area contributed by atoms with Crippen LogP contribution in [0.4, 0.5) is 0 Å². The predicted molar refractivity (Wildman–Crippen MR) is 122 cm³/mol. The normalized spacial score (nSPS) is 15.8. The zero-order valence-corrected chi connectivity index (χ0v) is 19.0. The molecule has 1 saturated heterocycles. The summed E-state index contributed by atoms with van der Waals surface area (Å²) in [6, 6.07) is -1.70. The van der Waals surface area contributed by atoms with Crippen LogP contribution in [0.3, 0.4) is 0 Å². The van der Waals surface area contributed by atoms with E-state index in [2.05, 4.69) is 11.1 Å². The van der Waals surface area contributed by atoms with Crippen LogP contribution in [0.15, 0.2) is 0 Å². The van der Waals surface area contributed by atoms with Gasteiger partial charge in [-0.15, -0.1) is 0 Å². The van der Waals surface area contributed by atoms with Crippen LogP contribution in [0.25, 0.3) is 0 Å². The van der Waals surface area contributed by atoms with Crippen LogP contribution >= 0.6 is 0 Å². The van der Waals surface area contributed by atoms with E-state index in [0.717, 1.165) is 45.1 Å². The Kier molecular flexibility index (Phi) is 25.9. The van der Waals surface area contributed by atoms with Crippen molar-refractivity contribution in [3.8, 4) is 0 Å². The molecule has 0 spiro atoms. The van der Waals surface area contributed by atoms with Crippen LogP contribution in [0.1, 0.15) is 51.4 Å². The summed E-state index contributed by atoms with van der Waals surface area (Å²) in [4.78, 5) is 39.7. The summed E-state index contributed by atoms with van der Waals surface area (Å²) in [6.07, 6.45) is 6.11. The average Bonchev–Trinajstić information content (AvgIpc) is 3.30. The van der Waals surface area contributed by atoms with E-state index in [4.69, 9.17) is 43.4 Å². The summed E-state index contributed by atoms with van der Waals surface area (Å²) < 4.78 is 0. The number of rotatable bonds is 12. The highest BCUT2D eigenvalue weighted by Crippen LogP contribution is 2.03. The summed E-state index contributed by atoms with van der Waals surface area (Å²) in [7, 11) is 0. The number of carboxylic acids is 4. The zero-order chi connectivity index (χ0) is 26.2. The molecule has 1 aliphatic heterocycles. The second kappa shape index (κ2) is 24.3. The number of carbonyl (C=O) groups is 4. The van der Waals surface area contributed by atoms with Crippen LogP contribution in [-0.2, 0) is 19.2 Å². The number of nitrogens with one attached hydrogen (secondary N) is 1. The fourth-order valence-electron chi connectivity index (χ4n) is 2.16. The van der Waals surface area contributed by atoms with Gasteiger partial charge in [-0.25, -0.2) is 0 Å². The maximum absolute atomic E-state index is 10.1. The molecule has 0 aromatic heterocycles. The molecule has 0 bridgehead atoms. The third kappa shape index (κ3) is 27.6. The molecule has 1 heterocycles. The van der Waals surface area contributed by atoms with E-state index in [-0.39, 0.29) is 12.6 Å². The molecular formula is C19H42N6O8. The van der Waals surface area contributed by atoms with Gasteiger partial charge in [0, 0.05) is 0 Å². The van der Waals surface area contributed by atoms with Crippen LogP contribution in [0, 0.1) is 0 Å². The van der Waals surface area contributed by atoms with Crippen molar-refractivity contribution in [2.24, 2.45) is 28.7 Å². The number of carboxylic acid groups (broad SMARTS) is 4. The Labute approximate surface area is 193 Å². The smallest absolute Gasteiger partial charge is 0.320 e. The topological polar surface area (TPSA) is 291 Å². The molecule has 1 rings (SSSR count).